The molecule has 1 aromatic heterocycles. The molecule has 0 spiro atoms. The van der Waals surface area contributed by atoms with Crippen LogP contribution >= 0.6 is 0 Å². The molecule has 2 saturated carbocycles. The number of hydrogen-bond donors (Lipinski definition) is 3. The Kier molecular flexibility index (Phi) is 6.50. The minimum atomic E-state index is -0.942. The predicted octanol–water partition coefficient (Wildman–Crippen LogP) is 3.28. The predicted molar refractivity (Wildman–Crippen MR) is 117 cm³/mol. The van der Waals surface area contributed by atoms with Gasteiger partial charge in [-0.15, -0.1) is 0 Å². The van der Waals surface area contributed by atoms with Gasteiger partial charge in [0.15, 0.2) is 11.6 Å². The first kappa shape index (κ1) is 22.3. The molecule has 4 N–H and O–H groups in total. The number of carbonyl (C=O) groups excluding carboxylic acids is 2. The number of pyridine rings is 1. The van der Waals surface area contributed by atoms with E-state index in [1.54, 1.807) is 24.5 Å². The van der Waals surface area contributed by atoms with Crippen LogP contribution in [-0.4, -0.2) is 29.4 Å². The highest BCUT2D eigenvalue weighted by Gasteiger charge is 2.51. The Morgan fingerprint density at radius 2 is 1.75 bits per heavy atom. The van der Waals surface area contributed by atoms with Gasteiger partial charge >= 0.3 is 0 Å². The molecule has 2 aromatic rings. The van der Waals surface area contributed by atoms with Crippen molar-refractivity contribution in [1.29, 1.82) is 0 Å². The zero-order valence-corrected chi connectivity index (χ0v) is 17.8. The summed E-state index contributed by atoms with van der Waals surface area (Å²) < 4.78 is 26.8. The molecule has 0 bridgehead atoms. The highest BCUT2D eigenvalue weighted by Crippen LogP contribution is 2.48. The number of aromatic nitrogens is 1. The number of rotatable bonds is 7. The van der Waals surface area contributed by atoms with E-state index in [-0.39, 0.29) is 29.7 Å². The first-order valence-electron chi connectivity index (χ1n) is 11.1. The Labute approximate surface area is 186 Å². The topological polar surface area (TPSA) is 97.1 Å². The van der Waals surface area contributed by atoms with E-state index in [1.165, 1.54) is 6.07 Å². The number of amides is 2. The van der Waals surface area contributed by atoms with Gasteiger partial charge in [0.1, 0.15) is 0 Å². The fraction of sp³-hybridized carbons (Fsp3) is 0.458. The molecule has 0 unspecified atom stereocenters. The number of benzene rings is 1. The minimum absolute atomic E-state index is 0.0127. The second-order valence-electron chi connectivity index (χ2n) is 8.92. The summed E-state index contributed by atoms with van der Waals surface area (Å²) >= 11 is 0. The maximum Gasteiger partial charge on any atom is 0.230 e. The fourth-order valence-corrected chi connectivity index (χ4v) is 4.60. The Hall–Kier alpha value is -2.87. The van der Waals surface area contributed by atoms with Crippen LogP contribution in [0.4, 0.5) is 14.5 Å². The maximum atomic E-state index is 13.6. The monoisotopic (exact) mass is 442 g/mol. The number of nitrogens with two attached hydrogens (primary N) is 1. The minimum Gasteiger partial charge on any atom is -0.354 e. The van der Waals surface area contributed by atoms with Crippen molar-refractivity contribution in [2.45, 2.75) is 50.0 Å². The van der Waals surface area contributed by atoms with Gasteiger partial charge in [-0.3, -0.25) is 14.6 Å². The van der Waals surface area contributed by atoms with E-state index >= 15 is 0 Å². The molecule has 0 radical (unpaired) electrons. The third-order valence-corrected chi connectivity index (χ3v) is 6.85. The van der Waals surface area contributed by atoms with Crippen LogP contribution in [-0.2, 0) is 15.0 Å². The van der Waals surface area contributed by atoms with Crippen molar-refractivity contribution in [3.8, 4) is 0 Å². The lowest BCUT2D eigenvalue weighted by Crippen LogP contribution is -2.46. The van der Waals surface area contributed by atoms with Crippen LogP contribution < -0.4 is 16.4 Å². The second-order valence-corrected chi connectivity index (χ2v) is 8.92. The van der Waals surface area contributed by atoms with E-state index < -0.39 is 17.0 Å². The van der Waals surface area contributed by atoms with E-state index in [2.05, 4.69) is 15.6 Å². The van der Waals surface area contributed by atoms with Gasteiger partial charge in [-0.05, 0) is 74.3 Å². The van der Waals surface area contributed by atoms with E-state index in [1.807, 2.05) is 0 Å². The van der Waals surface area contributed by atoms with Gasteiger partial charge in [-0.25, -0.2) is 8.78 Å². The molecule has 1 atom stereocenters. The fourth-order valence-electron chi connectivity index (χ4n) is 4.60. The average Bonchev–Trinajstić information content (AvgIpc) is 3.62. The first-order valence-corrected chi connectivity index (χ1v) is 11.1. The molecule has 2 fully saturated rings. The molecule has 32 heavy (non-hydrogen) atoms. The van der Waals surface area contributed by atoms with Crippen molar-refractivity contribution in [3.05, 3.63) is 59.9 Å². The number of anilines is 1. The Balaban J connectivity index is 1.24. The van der Waals surface area contributed by atoms with E-state index in [0.29, 0.717) is 24.9 Å². The van der Waals surface area contributed by atoms with Crippen LogP contribution in [0.5, 0.6) is 0 Å². The van der Waals surface area contributed by atoms with Crippen LogP contribution in [0.2, 0.25) is 0 Å². The summed E-state index contributed by atoms with van der Waals surface area (Å²) in [6, 6.07) is 6.95. The van der Waals surface area contributed by atoms with Crippen molar-refractivity contribution in [2.75, 3.05) is 11.9 Å². The highest BCUT2D eigenvalue weighted by atomic mass is 19.2. The van der Waals surface area contributed by atoms with Crippen molar-refractivity contribution in [3.63, 3.8) is 0 Å². The maximum absolute atomic E-state index is 13.6. The third-order valence-electron chi connectivity index (χ3n) is 6.85. The molecule has 0 saturated heterocycles. The number of carbonyl (C=O) groups is 2. The van der Waals surface area contributed by atoms with Crippen LogP contribution in [0.3, 0.4) is 0 Å². The third kappa shape index (κ3) is 4.80. The van der Waals surface area contributed by atoms with Crippen molar-refractivity contribution in [1.82, 2.24) is 10.3 Å². The summed E-state index contributed by atoms with van der Waals surface area (Å²) in [6.07, 6.45) is 7.63. The summed E-state index contributed by atoms with van der Waals surface area (Å²) in [5.74, 6) is -1.87. The normalized spacial score (nSPS) is 22.6. The Morgan fingerprint density at radius 1 is 1.06 bits per heavy atom. The highest BCUT2D eigenvalue weighted by molar-refractivity contribution is 5.92. The van der Waals surface area contributed by atoms with Crippen LogP contribution in [0, 0.1) is 23.5 Å². The lowest BCUT2D eigenvalue weighted by molar-refractivity contribution is -0.123. The average molecular weight is 443 g/mol. The van der Waals surface area contributed by atoms with Gasteiger partial charge < -0.3 is 16.4 Å². The number of hydrogen-bond acceptors (Lipinski definition) is 4. The smallest absolute Gasteiger partial charge is 0.230 e. The van der Waals surface area contributed by atoms with Gasteiger partial charge in [-0.1, -0.05) is 6.07 Å². The van der Waals surface area contributed by atoms with E-state index in [4.69, 9.17) is 5.73 Å². The van der Waals surface area contributed by atoms with Gasteiger partial charge in [0.25, 0.3) is 0 Å². The number of nitrogens with zero attached hydrogens (tertiary/aromatic N) is 1. The molecule has 6 nitrogen and oxygen atoms in total. The molecule has 2 aliphatic rings. The molecule has 1 heterocycles. The summed E-state index contributed by atoms with van der Waals surface area (Å²) in [6.45, 7) is 0.322. The van der Waals surface area contributed by atoms with Crippen molar-refractivity contribution >= 4 is 17.5 Å². The largest absolute Gasteiger partial charge is 0.354 e. The van der Waals surface area contributed by atoms with E-state index in [9.17, 15) is 18.4 Å². The van der Waals surface area contributed by atoms with Gasteiger partial charge in [0.05, 0.1) is 5.41 Å². The zero-order valence-electron chi connectivity index (χ0n) is 17.8. The molecular weight excluding hydrogens is 414 g/mol. The van der Waals surface area contributed by atoms with Crippen molar-refractivity contribution in [2.24, 2.45) is 17.6 Å². The molecular formula is C24H28F2N4O2. The summed E-state index contributed by atoms with van der Waals surface area (Å²) in [5, 5.41) is 5.84. The zero-order chi connectivity index (χ0) is 22.7. The second kappa shape index (κ2) is 9.32. The quantitative estimate of drug-likeness (QED) is 0.613. The van der Waals surface area contributed by atoms with Crippen LogP contribution in [0.25, 0.3) is 0 Å². The summed E-state index contributed by atoms with van der Waals surface area (Å²) in [7, 11) is 0. The van der Waals surface area contributed by atoms with E-state index in [0.717, 1.165) is 43.5 Å². The first-order chi connectivity index (χ1) is 15.4. The lowest BCUT2D eigenvalue weighted by atomic mass is 9.78. The Bertz CT molecular complexity index is 973. The molecule has 170 valence electrons. The molecule has 1 aromatic carbocycles. The number of nitrogens with one attached hydrogen (secondary N) is 2. The summed E-state index contributed by atoms with van der Waals surface area (Å²) in [4.78, 5) is 29.2. The van der Waals surface area contributed by atoms with Gasteiger partial charge in [0, 0.05) is 36.6 Å². The summed E-state index contributed by atoms with van der Waals surface area (Å²) in [5.41, 5.74) is 6.82. The molecule has 0 aliphatic heterocycles. The molecule has 2 aliphatic carbocycles. The lowest BCUT2D eigenvalue weighted by Gasteiger charge is -2.32. The standard InChI is InChI=1S/C24H28F2N4O2/c25-19-6-5-17(13-20(19)26)24(9-10-24)23(32)29-14-21(27)15-1-3-16(4-2-15)22(31)30-18-7-11-28-12-8-18/h5-8,11-13,15-16,21H,1-4,9-10,14,27H2,(H,29,32)(H,28,30,31)/t15?,16?,21-/m1/s1. The molecule has 4 rings (SSSR count). The molecule has 8 heteroatoms. The SMILES string of the molecule is N[C@H](CNC(=O)C1(c2ccc(F)c(F)c2)CC1)C1CCC(C(=O)Nc2ccncc2)CC1. The Morgan fingerprint density at radius 3 is 2.38 bits per heavy atom. The van der Waals surface area contributed by atoms with Crippen molar-refractivity contribution < 1.29 is 18.4 Å². The van der Waals surface area contributed by atoms with Crippen LogP contribution in [0.15, 0.2) is 42.7 Å². The van der Waals surface area contributed by atoms with Crippen LogP contribution in [0.1, 0.15) is 44.1 Å². The molecule has 2 amide bonds. The number of halogens is 2. The van der Waals surface area contributed by atoms with Gasteiger partial charge in [-0.2, -0.15) is 0 Å². The van der Waals surface area contributed by atoms with Gasteiger partial charge in [0.2, 0.25) is 11.8 Å².